The number of aryl methyl sites for hydroxylation is 1. The third-order valence-electron chi connectivity index (χ3n) is 4.21. The number of hydrogen-bond acceptors (Lipinski definition) is 3. The fraction of sp³-hybridized carbons (Fsp3) is 0.316. The SMILES string of the molecule is O=C(NCCCc1cccnc1)C1CCC(=O)N1c1ccccc1. The van der Waals surface area contributed by atoms with Crippen LogP contribution in [0.3, 0.4) is 0 Å². The lowest BCUT2D eigenvalue weighted by Gasteiger charge is -2.24. The van der Waals surface area contributed by atoms with E-state index >= 15 is 0 Å². The van der Waals surface area contributed by atoms with Crippen molar-refractivity contribution in [2.45, 2.75) is 31.7 Å². The zero-order chi connectivity index (χ0) is 16.8. The highest BCUT2D eigenvalue weighted by Crippen LogP contribution is 2.26. The van der Waals surface area contributed by atoms with Gasteiger partial charge in [-0.15, -0.1) is 0 Å². The summed E-state index contributed by atoms with van der Waals surface area (Å²) in [5.74, 6) is -0.0624. The van der Waals surface area contributed by atoms with Crippen molar-refractivity contribution >= 4 is 17.5 Å². The molecule has 1 unspecified atom stereocenters. The van der Waals surface area contributed by atoms with Gasteiger partial charge >= 0.3 is 0 Å². The molecule has 1 aromatic carbocycles. The predicted molar refractivity (Wildman–Crippen MR) is 92.5 cm³/mol. The van der Waals surface area contributed by atoms with Crippen molar-refractivity contribution in [2.75, 3.05) is 11.4 Å². The number of carbonyl (C=O) groups excluding carboxylic acids is 2. The van der Waals surface area contributed by atoms with Crippen molar-refractivity contribution in [2.24, 2.45) is 0 Å². The second-order valence-electron chi connectivity index (χ2n) is 5.91. The highest BCUT2D eigenvalue weighted by atomic mass is 16.2. The maximum Gasteiger partial charge on any atom is 0.243 e. The van der Waals surface area contributed by atoms with Crippen LogP contribution < -0.4 is 10.2 Å². The lowest BCUT2D eigenvalue weighted by molar-refractivity contribution is -0.123. The van der Waals surface area contributed by atoms with Gasteiger partial charge in [-0.1, -0.05) is 24.3 Å². The Morgan fingerprint density at radius 1 is 1.21 bits per heavy atom. The number of para-hydroxylation sites is 1. The molecule has 0 saturated carbocycles. The summed E-state index contributed by atoms with van der Waals surface area (Å²) in [6.07, 6.45) is 6.31. The normalized spacial score (nSPS) is 17.1. The Labute approximate surface area is 141 Å². The molecule has 2 amide bonds. The molecule has 24 heavy (non-hydrogen) atoms. The maximum absolute atomic E-state index is 12.5. The number of amides is 2. The molecule has 5 heteroatoms. The lowest BCUT2D eigenvalue weighted by atomic mass is 10.1. The number of pyridine rings is 1. The third-order valence-corrected chi connectivity index (χ3v) is 4.21. The van der Waals surface area contributed by atoms with E-state index in [0.29, 0.717) is 19.4 Å². The molecule has 2 heterocycles. The van der Waals surface area contributed by atoms with E-state index in [0.717, 1.165) is 24.1 Å². The Kier molecular flexibility index (Phi) is 5.21. The van der Waals surface area contributed by atoms with E-state index in [9.17, 15) is 9.59 Å². The first-order valence-corrected chi connectivity index (χ1v) is 8.29. The summed E-state index contributed by atoms with van der Waals surface area (Å²) in [5, 5.41) is 2.96. The zero-order valence-electron chi connectivity index (χ0n) is 13.5. The molecule has 0 bridgehead atoms. The van der Waals surface area contributed by atoms with Crippen LogP contribution in [0.2, 0.25) is 0 Å². The van der Waals surface area contributed by atoms with Crippen LogP contribution in [0.4, 0.5) is 5.69 Å². The first-order chi connectivity index (χ1) is 11.8. The summed E-state index contributed by atoms with van der Waals surface area (Å²) in [5.41, 5.74) is 1.95. The average molecular weight is 323 g/mol. The zero-order valence-corrected chi connectivity index (χ0v) is 13.5. The number of nitrogens with zero attached hydrogens (tertiary/aromatic N) is 2. The van der Waals surface area contributed by atoms with E-state index in [2.05, 4.69) is 10.3 Å². The number of rotatable bonds is 6. The van der Waals surface area contributed by atoms with E-state index in [1.54, 1.807) is 11.1 Å². The molecular weight excluding hydrogens is 302 g/mol. The molecule has 1 aliphatic heterocycles. The van der Waals surface area contributed by atoms with Crippen molar-refractivity contribution in [1.29, 1.82) is 0 Å². The fourth-order valence-corrected chi connectivity index (χ4v) is 3.01. The van der Waals surface area contributed by atoms with Crippen LogP contribution in [0.25, 0.3) is 0 Å². The van der Waals surface area contributed by atoms with E-state index < -0.39 is 6.04 Å². The molecule has 1 saturated heterocycles. The Balaban J connectivity index is 1.53. The summed E-state index contributed by atoms with van der Waals surface area (Å²) in [7, 11) is 0. The molecule has 1 N–H and O–H groups in total. The number of benzene rings is 1. The smallest absolute Gasteiger partial charge is 0.243 e. The number of carbonyl (C=O) groups is 2. The van der Waals surface area contributed by atoms with Gasteiger partial charge in [-0.3, -0.25) is 19.5 Å². The fourth-order valence-electron chi connectivity index (χ4n) is 3.01. The van der Waals surface area contributed by atoms with Crippen molar-refractivity contribution in [3.05, 3.63) is 60.4 Å². The Morgan fingerprint density at radius 2 is 2.04 bits per heavy atom. The molecule has 5 nitrogen and oxygen atoms in total. The van der Waals surface area contributed by atoms with Gasteiger partial charge in [0.25, 0.3) is 0 Å². The first kappa shape index (κ1) is 16.2. The molecular formula is C19H21N3O2. The van der Waals surface area contributed by atoms with Crippen LogP contribution >= 0.6 is 0 Å². The topological polar surface area (TPSA) is 62.3 Å². The molecule has 124 valence electrons. The molecule has 1 aliphatic rings. The van der Waals surface area contributed by atoms with Gasteiger partial charge in [0, 0.05) is 31.0 Å². The van der Waals surface area contributed by atoms with E-state index in [-0.39, 0.29) is 11.8 Å². The predicted octanol–water partition coefficient (Wildman–Crippen LogP) is 2.33. The summed E-state index contributed by atoms with van der Waals surface area (Å²) in [4.78, 5) is 30.3. The van der Waals surface area contributed by atoms with Gasteiger partial charge in [0.15, 0.2) is 0 Å². The minimum absolute atomic E-state index is 0.0108. The van der Waals surface area contributed by atoms with E-state index in [1.165, 1.54) is 0 Å². The molecule has 0 aliphatic carbocycles. The highest BCUT2D eigenvalue weighted by Gasteiger charge is 2.36. The largest absolute Gasteiger partial charge is 0.354 e. The highest BCUT2D eigenvalue weighted by molar-refractivity contribution is 6.03. The standard InChI is InChI=1S/C19H21N3O2/c23-18-11-10-17(22(18)16-8-2-1-3-9-16)19(24)21-13-5-7-15-6-4-12-20-14-15/h1-4,6,8-9,12,14,17H,5,7,10-11,13H2,(H,21,24). The van der Waals surface area contributed by atoms with Gasteiger partial charge in [0.1, 0.15) is 6.04 Å². The summed E-state index contributed by atoms with van der Waals surface area (Å²) < 4.78 is 0. The molecule has 0 spiro atoms. The minimum Gasteiger partial charge on any atom is -0.354 e. The number of aromatic nitrogens is 1. The number of hydrogen-bond donors (Lipinski definition) is 1. The van der Waals surface area contributed by atoms with Crippen molar-refractivity contribution < 1.29 is 9.59 Å². The van der Waals surface area contributed by atoms with Crippen LogP contribution in [0, 0.1) is 0 Å². The minimum atomic E-state index is -0.404. The van der Waals surface area contributed by atoms with Crippen molar-refractivity contribution in [3.8, 4) is 0 Å². The molecule has 1 aromatic heterocycles. The second kappa shape index (κ2) is 7.73. The Hall–Kier alpha value is -2.69. The van der Waals surface area contributed by atoms with Crippen molar-refractivity contribution in [1.82, 2.24) is 10.3 Å². The Bertz CT molecular complexity index is 688. The van der Waals surface area contributed by atoms with Gasteiger partial charge in [-0.2, -0.15) is 0 Å². The van der Waals surface area contributed by atoms with Crippen molar-refractivity contribution in [3.63, 3.8) is 0 Å². The maximum atomic E-state index is 12.5. The third kappa shape index (κ3) is 3.79. The summed E-state index contributed by atoms with van der Waals surface area (Å²) >= 11 is 0. The monoisotopic (exact) mass is 323 g/mol. The molecule has 1 atom stereocenters. The van der Waals surface area contributed by atoms with Gasteiger partial charge in [0.05, 0.1) is 0 Å². The quantitative estimate of drug-likeness (QED) is 0.830. The molecule has 2 aromatic rings. The Morgan fingerprint density at radius 3 is 2.79 bits per heavy atom. The second-order valence-corrected chi connectivity index (χ2v) is 5.91. The summed E-state index contributed by atoms with van der Waals surface area (Å²) in [6, 6.07) is 12.9. The number of nitrogens with one attached hydrogen (secondary N) is 1. The molecule has 0 radical (unpaired) electrons. The van der Waals surface area contributed by atoms with Crippen LogP contribution in [-0.4, -0.2) is 29.4 Å². The van der Waals surface area contributed by atoms with Crippen LogP contribution in [0.15, 0.2) is 54.9 Å². The molecule has 1 fully saturated rings. The van der Waals surface area contributed by atoms with E-state index in [4.69, 9.17) is 0 Å². The van der Waals surface area contributed by atoms with Gasteiger partial charge < -0.3 is 5.32 Å². The van der Waals surface area contributed by atoms with Crippen LogP contribution in [0.1, 0.15) is 24.8 Å². The van der Waals surface area contributed by atoms with Gasteiger partial charge in [-0.25, -0.2) is 0 Å². The van der Waals surface area contributed by atoms with E-state index in [1.807, 2.05) is 48.7 Å². The first-order valence-electron chi connectivity index (χ1n) is 8.29. The van der Waals surface area contributed by atoms with Crippen LogP contribution in [-0.2, 0) is 16.0 Å². The summed E-state index contributed by atoms with van der Waals surface area (Å²) in [6.45, 7) is 0.598. The lowest BCUT2D eigenvalue weighted by Crippen LogP contribution is -2.45. The van der Waals surface area contributed by atoms with Crippen LogP contribution in [0.5, 0.6) is 0 Å². The average Bonchev–Trinajstić information content (AvgIpc) is 3.02. The molecule has 3 rings (SSSR count). The van der Waals surface area contributed by atoms with Gasteiger partial charge in [-0.05, 0) is 43.0 Å². The van der Waals surface area contributed by atoms with Gasteiger partial charge in [0.2, 0.25) is 11.8 Å². The number of anilines is 1.